The Morgan fingerprint density at radius 2 is 2.40 bits per heavy atom. The summed E-state index contributed by atoms with van der Waals surface area (Å²) in [6, 6.07) is 3.46. The topological polar surface area (TPSA) is 70.5 Å². The maximum atomic E-state index is 11.5. The third-order valence-electron chi connectivity index (χ3n) is 2.43. The summed E-state index contributed by atoms with van der Waals surface area (Å²) < 4.78 is 0. The van der Waals surface area contributed by atoms with E-state index in [4.69, 9.17) is 5.11 Å². The van der Waals surface area contributed by atoms with Crippen LogP contribution in [-0.2, 0) is 9.59 Å². The van der Waals surface area contributed by atoms with Crippen LogP contribution in [0.2, 0.25) is 0 Å². The lowest BCUT2D eigenvalue weighted by atomic mass is 10.1. The number of carbonyl (C=O) groups is 2. The summed E-state index contributed by atoms with van der Waals surface area (Å²) in [4.78, 5) is 27.6. The molecule has 1 amide bonds. The van der Waals surface area contributed by atoms with Crippen LogP contribution < -0.4 is 4.90 Å². The molecular weight excluding hydrogens is 196 g/mol. The number of amides is 1. The van der Waals surface area contributed by atoms with Crippen LogP contribution in [0, 0.1) is 5.92 Å². The number of hydrogen-bond acceptors (Lipinski definition) is 3. The van der Waals surface area contributed by atoms with Crippen molar-refractivity contribution in [2.24, 2.45) is 5.92 Å². The molecule has 0 aromatic carbocycles. The van der Waals surface area contributed by atoms with Crippen LogP contribution in [-0.4, -0.2) is 28.5 Å². The molecule has 5 heteroatoms. The fraction of sp³-hybridized carbons (Fsp3) is 0.300. The minimum Gasteiger partial charge on any atom is -0.481 e. The van der Waals surface area contributed by atoms with Gasteiger partial charge in [-0.25, -0.2) is 0 Å². The van der Waals surface area contributed by atoms with Gasteiger partial charge in [0.2, 0.25) is 5.91 Å². The Morgan fingerprint density at radius 1 is 1.60 bits per heavy atom. The number of hydrogen-bond donors (Lipinski definition) is 1. The van der Waals surface area contributed by atoms with E-state index in [0.29, 0.717) is 5.69 Å². The SMILES string of the molecule is O=C(O)[C@@H]1CC(=O)N(c2cccnc2)C1. The third kappa shape index (κ3) is 1.81. The molecular formula is C10H10N2O3. The Hall–Kier alpha value is -1.91. The highest BCUT2D eigenvalue weighted by Crippen LogP contribution is 2.23. The lowest BCUT2D eigenvalue weighted by molar-refractivity contribution is -0.141. The summed E-state index contributed by atoms with van der Waals surface area (Å²) in [5.41, 5.74) is 0.659. The first-order chi connectivity index (χ1) is 7.18. The molecule has 1 fully saturated rings. The summed E-state index contributed by atoms with van der Waals surface area (Å²) in [5.74, 6) is -1.68. The molecule has 2 rings (SSSR count). The third-order valence-corrected chi connectivity index (χ3v) is 2.43. The van der Waals surface area contributed by atoms with Gasteiger partial charge in [0.15, 0.2) is 0 Å². The van der Waals surface area contributed by atoms with Crippen molar-refractivity contribution < 1.29 is 14.7 Å². The number of carboxylic acid groups (broad SMARTS) is 1. The summed E-state index contributed by atoms with van der Waals surface area (Å²) in [6.45, 7) is 0.236. The molecule has 1 saturated heterocycles. The lowest BCUT2D eigenvalue weighted by Gasteiger charge is -2.14. The highest BCUT2D eigenvalue weighted by Gasteiger charge is 2.34. The molecule has 0 bridgehead atoms. The minimum absolute atomic E-state index is 0.0736. The van der Waals surface area contributed by atoms with Crippen molar-refractivity contribution in [3.63, 3.8) is 0 Å². The Bertz CT molecular complexity index is 391. The maximum Gasteiger partial charge on any atom is 0.308 e. The molecule has 78 valence electrons. The Balaban J connectivity index is 2.19. The van der Waals surface area contributed by atoms with Gasteiger partial charge < -0.3 is 10.0 Å². The number of anilines is 1. The highest BCUT2D eigenvalue weighted by molar-refractivity contribution is 5.99. The quantitative estimate of drug-likeness (QED) is 0.765. The number of carboxylic acids is 1. The van der Waals surface area contributed by atoms with Gasteiger partial charge >= 0.3 is 5.97 Å². The molecule has 0 unspecified atom stereocenters. The summed E-state index contributed by atoms with van der Waals surface area (Å²) in [6.07, 6.45) is 3.24. The molecule has 1 atom stereocenters. The van der Waals surface area contributed by atoms with Gasteiger partial charge in [-0.2, -0.15) is 0 Å². The summed E-state index contributed by atoms with van der Waals surface area (Å²) in [7, 11) is 0. The Labute approximate surface area is 86.3 Å². The second-order valence-corrected chi connectivity index (χ2v) is 3.45. The second kappa shape index (κ2) is 3.68. The van der Waals surface area contributed by atoms with Gasteiger partial charge in [0, 0.05) is 19.2 Å². The maximum absolute atomic E-state index is 11.5. The largest absolute Gasteiger partial charge is 0.481 e. The molecule has 1 N–H and O–H groups in total. The predicted octanol–water partition coefficient (Wildman–Crippen LogP) is 0.519. The first kappa shape index (κ1) is 9.64. The molecule has 5 nitrogen and oxygen atoms in total. The zero-order chi connectivity index (χ0) is 10.8. The zero-order valence-electron chi connectivity index (χ0n) is 7.96. The van der Waals surface area contributed by atoms with E-state index in [0.717, 1.165) is 0 Å². The van der Waals surface area contributed by atoms with Crippen LogP contribution >= 0.6 is 0 Å². The molecule has 0 spiro atoms. The van der Waals surface area contributed by atoms with E-state index < -0.39 is 11.9 Å². The second-order valence-electron chi connectivity index (χ2n) is 3.45. The van der Waals surface area contributed by atoms with Gasteiger partial charge in [-0.15, -0.1) is 0 Å². The predicted molar refractivity (Wildman–Crippen MR) is 52.3 cm³/mol. The monoisotopic (exact) mass is 206 g/mol. The first-order valence-electron chi connectivity index (χ1n) is 4.61. The molecule has 1 aromatic rings. The summed E-state index contributed by atoms with van der Waals surface area (Å²) >= 11 is 0. The van der Waals surface area contributed by atoms with Gasteiger partial charge in [0.1, 0.15) is 0 Å². The molecule has 15 heavy (non-hydrogen) atoms. The van der Waals surface area contributed by atoms with E-state index >= 15 is 0 Å². The van der Waals surface area contributed by atoms with E-state index in [9.17, 15) is 9.59 Å². The summed E-state index contributed by atoms with van der Waals surface area (Å²) in [5, 5.41) is 8.80. The Morgan fingerprint density at radius 3 is 2.93 bits per heavy atom. The van der Waals surface area contributed by atoms with Crippen LogP contribution in [0.25, 0.3) is 0 Å². The first-order valence-corrected chi connectivity index (χ1v) is 4.61. The van der Waals surface area contributed by atoms with Crippen LogP contribution in [0.3, 0.4) is 0 Å². The van der Waals surface area contributed by atoms with Gasteiger partial charge in [-0.3, -0.25) is 14.6 Å². The van der Waals surface area contributed by atoms with E-state index in [2.05, 4.69) is 4.98 Å². The number of aromatic nitrogens is 1. The molecule has 2 heterocycles. The van der Waals surface area contributed by atoms with Gasteiger partial charge in [-0.1, -0.05) is 0 Å². The fourth-order valence-corrected chi connectivity index (χ4v) is 1.64. The molecule has 1 aliphatic rings. The molecule has 1 aromatic heterocycles. The molecule has 0 aliphatic carbocycles. The highest BCUT2D eigenvalue weighted by atomic mass is 16.4. The smallest absolute Gasteiger partial charge is 0.308 e. The van der Waals surface area contributed by atoms with E-state index in [1.54, 1.807) is 24.5 Å². The minimum atomic E-state index is -0.922. The molecule has 0 saturated carbocycles. The normalized spacial score (nSPS) is 20.7. The number of aliphatic carboxylic acids is 1. The van der Waals surface area contributed by atoms with Crippen molar-refractivity contribution in [2.45, 2.75) is 6.42 Å². The number of nitrogens with zero attached hydrogens (tertiary/aromatic N) is 2. The van der Waals surface area contributed by atoms with Crippen LogP contribution in [0.15, 0.2) is 24.5 Å². The molecule has 0 radical (unpaired) electrons. The number of rotatable bonds is 2. The zero-order valence-corrected chi connectivity index (χ0v) is 7.96. The van der Waals surface area contributed by atoms with Crippen LogP contribution in [0.1, 0.15) is 6.42 Å². The van der Waals surface area contributed by atoms with E-state index in [-0.39, 0.29) is 18.9 Å². The van der Waals surface area contributed by atoms with Crippen LogP contribution in [0.4, 0.5) is 5.69 Å². The average Bonchev–Trinajstić information content (AvgIpc) is 2.62. The standard InChI is InChI=1S/C10H10N2O3/c13-9-4-7(10(14)15)6-12(9)8-2-1-3-11-5-8/h1-3,5,7H,4,6H2,(H,14,15)/t7-/m1/s1. The van der Waals surface area contributed by atoms with Crippen molar-refractivity contribution in [1.29, 1.82) is 0 Å². The molecule has 1 aliphatic heterocycles. The van der Waals surface area contributed by atoms with Gasteiger partial charge in [-0.05, 0) is 12.1 Å². The lowest BCUT2D eigenvalue weighted by Crippen LogP contribution is -2.25. The van der Waals surface area contributed by atoms with Gasteiger partial charge in [0.25, 0.3) is 0 Å². The van der Waals surface area contributed by atoms with Crippen molar-refractivity contribution >= 4 is 17.6 Å². The van der Waals surface area contributed by atoms with Crippen molar-refractivity contribution in [3.8, 4) is 0 Å². The number of carbonyl (C=O) groups excluding carboxylic acids is 1. The van der Waals surface area contributed by atoms with E-state index in [1.165, 1.54) is 4.90 Å². The number of pyridine rings is 1. The average molecular weight is 206 g/mol. The van der Waals surface area contributed by atoms with Crippen molar-refractivity contribution in [1.82, 2.24) is 4.98 Å². The van der Waals surface area contributed by atoms with Crippen molar-refractivity contribution in [3.05, 3.63) is 24.5 Å². The van der Waals surface area contributed by atoms with E-state index in [1.807, 2.05) is 0 Å². The fourth-order valence-electron chi connectivity index (χ4n) is 1.64. The van der Waals surface area contributed by atoms with Crippen LogP contribution in [0.5, 0.6) is 0 Å². The van der Waals surface area contributed by atoms with Crippen molar-refractivity contribution in [2.75, 3.05) is 11.4 Å². The Kier molecular flexibility index (Phi) is 2.37. The van der Waals surface area contributed by atoms with Gasteiger partial charge in [0.05, 0.1) is 17.8 Å².